The largest absolute Gasteiger partial charge is 0.298 e. The van der Waals surface area contributed by atoms with Crippen LogP contribution in [-0.2, 0) is 0 Å². The molecule has 0 unspecified atom stereocenters. The topological polar surface area (TPSA) is 30.7 Å². The molecule has 0 aliphatic rings. The first-order valence-electron chi connectivity index (χ1n) is 8.27. The van der Waals surface area contributed by atoms with E-state index in [9.17, 15) is 0 Å². The molecule has 25 heavy (non-hydrogen) atoms. The average molecular weight is 321 g/mol. The summed E-state index contributed by atoms with van der Waals surface area (Å²) < 4.78 is 2.13. The molecule has 5 rings (SSSR count). The van der Waals surface area contributed by atoms with Crippen molar-refractivity contribution in [1.29, 1.82) is 0 Å². The summed E-state index contributed by atoms with van der Waals surface area (Å²) in [5.74, 6) is 0. The quantitative estimate of drug-likeness (QED) is 0.445. The number of hydrogen-bond donors (Lipinski definition) is 0. The molecule has 0 spiro atoms. The van der Waals surface area contributed by atoms with E-state index in [1.807, 2.05) is 36.8 Å². The molecule has 3 nitrogen and oxygen atoms in total. The van der Waals surface area contributed by atoms with Crippen molar-refractivity contribution in [1.82, 2.24) is 14.5 Å². The number of pyridine rings is 1. The smallest absolute Gasteiger partial charge is 0.108 e. The van der Waals surface area contributed by atoms with Crippen LogP contribution in [0.5, 0.6) is 0 Å². The van der Waals surface area contributed by atoms with Crippen molar-refractivity contribution in [3.05, 3.63) is 91.4 Å². The molecule has 0 saturated heterocycles. The molecule has 2 aromatic heterocycles. The summed E-state index contributed by atoms with van der Waals surface area (Å²) in [6, 6.07) is 27.1. The van der Waals surface area contributed by atoms with Crippen LogP contribution in [0.4, 0.5) is 0 Å². The molecule has 0 N–H and O–H groups in total. The van der Waals surface area contributed by atoms with Crippen LogP contribution in [0.15, 0.2) is 91.4 Å². The van der Waals surface area contributed by atoms with E-state index in [0.717, 1.165) is 27.6 Å². The van der Waals surface area contributed by atoms with Gasteiger partial charge in [-0.2, -0.15) is 0 Å². The predicted octanol–water partition coefficient (Wildman–Crippen LogP) is 5.24. The molecule has 0 bridgehead atoms. The highest BCUT2D eigenvalue weighted by Gasteiger charge is 2.11. The Balaban J connectivity index is 1.83. The third-order valence-electron chi connectivity index (χ3n) is 4.51. The van der Waals surface area contributed by atoms with E-state index in [-0.39, 0.29) is 0 Å². The van der Waals surface area contributed by atoms with Crippen molar-refractivity contribution < 1.29 is 0 Å². The molecule has 0 saturated carbocycles. The van der Waals surface area contributed by atoms with Gasteiger partial charge in [-0.15, -0.1) is 0 Å². The van der Waals surface area contributed by atoms with Gasteiger partial charge in [0.05, 0.1) is 17.2 Å². The van der Waals surface area contributed by atoms with Gasteiger partial charge in [0.1, 0.15) is 11.8 Å². The summed E-state index contributed by atoms with van der Waals surface area (Å²) >= 11 is 0. The third-order valence-corrected chi connectivity index (χ3v) is 4.51. The first kappa shape index (κ1) is 13.9. The summed E-state index contributed by atoms with van der Waals surface area (Å²) in [5, 5.41) is 1.11. The fraction of sp³-hybridized carbons (Fsp3) is 0. The van der Waals surface area contributed by atoms with E-state index < -0.39 is 0 Å². The third kappa shape index (κ3) is 2.29. The van der Waals surface area contributed by atoms with Gasteiger partial charge in [-0.25, -0.2) is 4.98 Å². The zero-order chi connectivity index (χ0) is 16.6. The Hall–Kier alpha value is -3.46. The maximum atomic E-state index is 4.58. The normalized spacial score (nSPS) is 11.2. The van der Waals surface area contributed by atoms with Crippen molar-refractivity contribution in [3.63, 3.8) is 0 Å². The highest BCUT2D eigenvalue weighted by atomic mass is 15.1. The van der Waals surface area contributed by atoms with Gasteiger partial charge < -0.3 is 0 Å². The fourth-order valence-electron chi connectivity index (χ4n) is 3.29. The van der Waals surface area contributed by atoms with Crippen LogP contribution in [0.1, 0.15) is 0 Å². The SMILES string of the molecule is c1ccc(-c2ccc3ncc4ncn(-c5ccccc5)c4c3c2)cc1. The number of fused-ring (bicyclic) bond motifs is 3. The molecule has 2 heterocycles. The molecule has 0 amide bonds. The Labute approximate surface area is 145 Å². The molecule has 0 aliphatic carbocycles. The number of nitrogens with zero attached hydrogens (tertiary/aromatic N) is 3. The van der Waals surface area contributed by atoms with Gasteiger partial charge in [-0.1, -0.05) is 54.6 Å². The highest BCUT2D eigenvalue weighted by molar-refractivity contribution is 6.04. The lowest BCUT2D eigenvalue weighted by Crippen LogP contribution is -1.93. The minimum atomic E-state index is 0.904. The van der Waals surface area contributed by atoms with Gasteiger partial charge in [0.2, 0.25) is 0 Å². The van der Waals surface area contributed by atoms with E-state index in [4.69, 9.17) is 0 Å². The van der Waals surface area contributed by atoms with Gasteiger partial charge >= 0.3 is 0 Å². The molecule has 0 fully saturated rings. The van der Waals surface area contributed by atoms with Crippen LogP contribution < -0.4 is 0 Å². The lowest BCUT2D eigenvalue weighted by Gasteiger charge is -2.08. The van der Waals surface area contributed by atoms with Crippen molar-refractivity contribution in [2.75, 3.05) is 0 Å². The highest BCUT2D eigenvalue weighted by Crippen LogP contribution is 2.29. The van der Waals surface area contributed by atoms with E-state index in [1.54, 1.807) is 0 Å². The average Bonchev–Trinajstić information content (AvgIpc) is 3.14. The van der Waals surface area contributed by atoms with Gasteiger partial charge in [-0.3, -0.25) is 9.55 Å². The van der Waals surface area contributed by atoms with E-state index >= 15 is 0 Å². The number of rotatable bonds is 2. The molecular weight excluding hydrogens is 306 g/mol. The molecule has 0 radical (unpaired) electrons. The molecular formula is C22H15N3. The molecule has 3 heteroatoms. The van der Waals surface area contributed by atoms with Gasteiger partial charge in [0, 0.05) is 11.1 Å². The zero-order valence-electron chi connectivity index (χ0n) is 13.5. The Bertz CT molecular complexity index is 1180. The minimum absolute atomic E-state index is 0.904. The van der Waals surface area contributed by atoms with E-state index in [1.165, 1.54) is 11.1 Å². The molecule has 5 aromatic rings. The number of hydrogen-bond acceptors (Lipinski definition) is 2. The van der Waals surface area contributed by atoms with Crippen LogP contribution in [0.3, 0.4) is 0 Å². The lowest BCUT2D eigenvalue weighted by molar-refractivity contribution is 1.10. The van der Waals surface area contributed by atoms with Crippen LogP contribution >= 0.6 is 0 Å². The Morgan fingerprint density at radius 2 is 1.40 bits per heavy atom. The Morgan fingerprint density at radius 1 is 0.640 bits per heavy atom. The van der Waals surface area contributed by atoms with Crippen LogP contribution in [-0.4, -0.2) is 14.5 Å². The predicted molar refractivity (Wildman–Crippen MR) is 102 cm³/mol. The van der Waals surface area contributed by atoms with Gasteiger partial charge in [0.25, 0.3) is 0 Å². The van der Waals surface area contributed by atoms with Crippen LogP contribution in [0.25, 0.3) is 38.8 Å². The maximum Gasteiger partial charge on any atom is 0.108 e. The lowest BCUT2D eigenvalue weighted by atomic mass is 10.0. The molecule has 118 valence electrons. The summed E-state index contributed by atoms with van der Waals surface area (Å²) in [6.45, 7) is 0. The first-order valence-corrected chi connectivity index (χ1v) is 8.27. The van der Waals surface area contributed by atoms with Crippen molar-refractivity contribution in [2.24, 2.45) is 0 Å². The summed E-state index contributed by atoms with van der Waals surface area (Å²) in [5.41, 5.74) is 6.46. The van der Waals surface area contributed by atoms with Crippen LogP contribution in [0.2, 0.25) is 0 Å². The number of aromatic nitrogens is 3. The number of benzene rings is 3. The molecule has 3 aromatic carbocycles. The summed E-state index contributed by atoms with van der Waals surface area (Å²) in [7, 11) is 0. The molecule has 0 atom stereocenters. The fourth-order valence-corrected chi connectivity index (χ4v) is 3.29. The van der Waals surface area contributed by atoms with Crippen molar-refractivity contribution in [3.8, 4) is 16.8 Å². The monoisotopic (exact) mass is 321 g/mol. The van der Waals surface area contributed by atoms with E-state index in [0.29, 0.717) is 0 Å². The second-order valence-electron chi connectivity index (χ2n) is 6.04. The van der Waals surface area contributed by atoms with Crippen LogP contribution in [0, 0.1) is 0 Å². The summed E-state index contributed by atoms with van der Waals surface area (Å²) in [6.07, 6.45) is 3.72. The Kier molecular flexibility index (Phi) is 3.10. The number of imidazole rings is 1. The zero-order valence-corrected chi connectivity index (χ0v) is 13.5. The Morgan fingerprint density at radius 3 is 2.20 bits per heavy atom. The molecule has 0 aliphatic heterocycles. The standard InChI is InChI=1S/C22H15N3/c1-3-7-16(8-4-1)17-11-12-20-19(13-17)22-21(14-23-20)24-15-25(22)18-9-5-2-6-10-18/h1-15H. The van der Waals surface area contributed by atoms with Gasteiger partial charge in [0.15, 0.2) is 0 Å². The van der Waals surface area contributed by atoms with Crippen molar-refractivity contribution in [2.45, 2.75) is 0 Å². The van der Waals surface area contributed by atoms with Crippen molar-refractivity contribution >= 4 is 21.9 Å². The van der Waals surface area contributed by atoms with Gasteiger partial charge in [-0.05, 0) is 35.4 Å². The minimum Gasteiger partial charge on any atom is -0.298 e. The summed E-state index contributed by atoms with van der Waals surface area (Å²) in [4.78, 5) is 9.12. The number of para-hydroxylation sites is 1. The first-order chi connectivity index (χ1) is 12.4. The maximum absolute atomic E-state index is 4.58. The van der Waals surface area contributed by atoms with E-state index in [2.05, 4.69) is 69.1 Å². The second-order valence-corrected chi connectivity index (χ2v) is 6.04. The second kappa shape index (κ2) is 5.56.